The molecule has 2 aromatic rings. The largest absolute Gasteiger partial charge is 0.368 e. The summed E-state index contributed by atoms with van der Waals surface area (Å²) in [5.41, 5.74) is 8.63. The zero-order valence-electron chi connectivity index (χ0n) is 14.0. The van der Waals surface area contributed by atoms with Crippen molar-refractivity contribution in [2.24, 2.45) is 0 Å². The predicted molar refractivity (Wildman–Crippen MR) is 92.4 cm³/mol. The van der Waals surface area contributed by atoms with Gasteiger partial charge in [-0.2, -0.15) is 15.0 Å². The smallest absolute Gasteiger partial charge is 0.229 e. The molecule has 1 unspecified atom stereocenters. The first-order valence-electron chi connectivity index (χ1n) is 7.98. The molecule has 122 valence electrons. The summed E-state index contributed by atoms with van der Waals surface area (Å²) in [4.78, 5) is 17.2. The maximum atomic E-state index is 5.80. The van der Waals surface area contributed by atoms with E-state index in [-0.39, 0.29) is 5.95 Å². The van der Waals surface area contributed by atoms with E-state index in [1.165, 1.54) is 17.5 Å². The van der Waals surface area contributed by atoms with Crippen LogP contribution in [0.15, 0.2) is 24.3 Å². The lowest BCUT2D eigenvalue weighted by molar-refractivity contribution is 0.318. The van der Waals surface area contributed by atoms with Crippen LogP contribution < -0.4 is 10.6 Å². The second-order valence-electron chi connectivity index (χ2n) is 6.38. The number of aromatic nitrogens is 3. The van der Waals surface area contributed by atoms with E-state index in [2.05, 4.69) is 51.0 Å². The van der Waals surface area contributed by atoms with Gasteiger partial charge < -0.3 is 10.6 Å². The van der Waals surface area contributed by atoms with Gasteiger partial charge in [-0.3, -0.25) is 4.90 Å². The van der Waals surface area contributed by atoms with Crippen molar-refractivity contribution in [3.05, 3.63) is 41.2 Å². The first kappa shape index (κ1) is 15.7. The molecule has 1 aliphatic rings. The van der Waals surface area contributed by atoms with Crippen LogP contribution in [0.1, 0.15) is 29.3 Å². The highest BCUT2D eigenvalue weighted by molar-refractivity contribution is 5.33. The van der Waals surface area contributed by atoms with Crippen molar-refractivity contribution >= 4 is 11.9 Å². The third-order valence-electron chi connectivity index (χ3n) is 4.35. The lowest BCUT2D eigenvalue weighted by Crippen LogP contribution is -2.23. The topological polar surface area (TPSA) is 71.2 Å². The van der Waals surface area contributed by atoms with Crippen LogP contribution in [-0.4, -0.2) is 47.0 Å². The van der Waals surface area contributed by atoms with Gasteiger partial charge in [0.1, 0.15) is 5.82 Å². The molecular formula is C17H24N6. The van der Waals surface area contributed by atoms with Gasteiger partial charge >= 0.3 is 0 Å². The maximum absolute atomic E-state index is 5.80. The highest BCUT2D eigenvalue weighted by Crippen LogP contribution is 2.29. The van der Waals surface area contributed by atoms with Crippen LogP contribution in [0, 0.1) is 6.92 Å². The van der Waals surface area contributed by atoms with Gasteiger partial charge in [-0.25, -0.2) is 0 Å². The summed E-state index contributed by atoms with van der Waals surface area (Å²) in [7, 11) is 3.81. The fraction of sp³-hybridized carbons (Fsp3) is 0.471. The number of benzene rings is 1. The Labute approximate surface area is 137 Å². The number of anilines is 2. The van der Waals surface area contributed by atoms with Crippen molar-refractivity contribution in [2.75, 3.05) is 37.8 Å². The van der Waals surface area contributed by atoms with Gasteiger partial charge in [0, 0.05) is 20.6 Å². The maximum Gasteiger partial charge on any atom is 0.229 e. The van der Waals surface area contributed by atoms with Crippen molar-refractivity contribution in [3.8, 4) is 0 Å². The Bertz CT molecular complexity index is 685. The number of likely N-dealkylation sites (tertiary alicyclic amines) is 1. The molecule has 0 saturated carbocycles. The average molecular weight is 312 g/mol. The molecule has 1 aromatic heterocycles. The zero-order valence-corrected chi connectivity index (χ0v) is 14.0. The number of nitrogens with two attached hydrogens (primary N) is 1. The number of aryl methyl sites for hydroxylation is 1. The van der Waals surface area contributed by atoms with Crippen LogP contribution in [0.4, 0.5) is 11.9 Å². The van der Waals surface area contributed by atoms with E-state index in [1.807, 2.05) is 19.0 Å². The molecular weight excluding hydrogens is 288 g/mol. The van der Waals surface area contributed by atoms with Gasteiger partial charge in [-0.15, -0.1) is 0 Å². The zero-order chi connectivity index (χ0) is 16.4. The number of rotatable bonds is 4. The van der Waals surface area contributed by atoms with Crippen LogP contribution in [0.3, 0.4) is 0 Å². The van der Waals surface area contributed by atoms with Crippen molar-refractivity contribution in [1.29, 1.82) is 0 Å². The molecule has 2 N–H and O–H groups in total. The van der Waals surface area contributed by atoms with Gasteiger partial charge in [0.25, 0.3) is 0 Å². The summed E-state index contributed by atoms with van der Waals surface area (Å²) < 4.78 is 0. The van der Waals surface area contributed by atoms with Crippen LogP contribution in [0.5, 0.6) is 0 Å². The Morgan fingerprint density at radius 1 is 1.22 bits per heavy atom. The van der Waals surface area contributed by atoms with E-state index in [9.17, 15) is 0 Å². The molecule has 3 rings (SSSR count). The Kier molecular flexibility index (Phi) is 4.43. The van der Waals surface area contributed by atoms with E-state index in [0.717, 1.165) is 25.5 Å². The van der Waals surface area contributed by atoms with Gasteiger partial charge in [-0.05, 0) is 36.9 Å². The third kappa shape index (κ3) is 3.59. The molecule has 1 aromatic carbocycles. The van der Waals surface area contributed by atoms with E-state index in [1.54, 1.807) is 0 Å². The highest BCUT2D eigenvalue weighted by Gasteiger charge is 2.25. The molecule has 0 spiro atoms. The highest BCUT2D eigenvalue weighted by atomic mass is 15.3. The summed E-state index contributed by atoms with van der Waals surface area (Å²) in [5, 5.41) is 0. The minimum atomic E-state index is 0.286. The molecule has 1 aliphatic heterocycles. The SMILES string of the molecule is Cc1ccccc1C1CCN(Cc2nc(N)nc(N(C)C)n2)C1. The average Bonchev–Trinajstić information content (AvgIpc) is 2.95. The quantitative estimate of drug-likeness (QED) is 0.928. The number of nitrogen functional groups attached to an aromatic ring is 1. The summed E-state index contributed by atoms with van der Waals surface area (Å²) in [6.45, 7) is 5.00. The number of hydrogen-bond donors (Lipinski definition) is 1. The van der Waals surface area contributed by atoms with Crippen LogP contribution >= 0.6 is 0 Å². The Balaban J connectivity index is 1.70. The molecule has 1 fully saturated rings. The van der Waals surface area contributed by atoms with E-state index >= 15 is 0 Å². The predicted octanol–water partition coefficient (Wildman–Crippen LogP) is 1.82. The van der Waals surface area contributed by atoms with E-state index in [0.29, 0.717) is 11.9 Å². The third-order valence-corrected chi connectivity index (χ3v) is 4.35. The lowest BCUT2D eigenvalue weighted by Gasteiger charge is -2.17. The van der Waals surface area contributed by atoms with Crippen LogP contribution in [0.25, 0.3) is 0 Å². The minimum absolute atomic E-state index is 0.286. The number of nitrogens with zero attached hydrogens (tertiary/aromatic N) is 5. The summed E-state index contributed by atoms with van der Waals surface area (Å²) in [6.07, 6.45) is 1.17. The summed E-state index contributed by atoms with van der Waals surface area (Å²) in [6, 6.07) is 8.66. The Morgan fingerprint density at radius 2 is 2.00 bits per heavy atom. The van der Waals surface area contributed by atoms with Crippen LogP contribution in [-0.2, 0) is 6.54 Å². The molecule has 1 atom stereocenters. The molecule has 0 amide bonds. The van der Waals surface area contributed by atoms with Gasteiger partial charge in [0.2, 0.25) is 11.9 Å². The molecule has 23 heavy (non-hydrogen) atoms. The first-order valence-corrected chi connectivity index (χ1v) is 7.98. The lowest BCUT2D eigenvalue weighted by atomic mass is 9.94. The van der Waals surface area contributed by atoms with E-state index < -0.39 is 0 Å². The van der Waals surface area contributed by atoms with Gasteiger partial charge in [0.05, 0.1) is 6.54 Å². The Morgan fingerprint density at radius 3 is 2.74 bits per heavy atom. The van der Waals surface area contributed by atoms with Gasteiger partial charge in [0.15, 0.2) is 0 Å². The fourth-order valence-electron chi connectivity index (χ4n) is 3.17. The Hall–Kier alpha value is -2.21. The summed E-state index contributed by atoms with van der Waals surface area (Å²) >= 11 is 0. The molecule has 6 heteroatoms. The van der Waals surface area contributed by atoms with E-state index in [4.69, 9.17) is 5.73 Å². The summed E-state index contributed by atoms with van der Waals surface area (Å²) in [5.74, 6) is 2.23. The molecule has 0 radical (unpaired) electrons. The second-order valence-corrected chi connectivity index (χ2v) is 6.38. The second kappa shape index (κ2) is 6.50. The minimum Gasteiger partial charge on any atom is -0.368 e. The monoisotopic (exact) mass is 312 g/mol. The fourth-order valence-corrected chi connectivity index (χ4v) is 3.17. The molecule has 6 nitrogen and oxygen atoms in total. The molecule has 1 saturated heterocycles. The van der Waals surface area contributed by atoms with Crippen molar-refractivity contribution in [2.45, 2.75) is 25.8 Å². The molecule has 0 bridgehead atoms. The first-order chi connectivity index (χ1) is 11.0. The molecule has 0 aliphatic carbocycles. The van der Waals surface area contributed by atoms with Gasteiger partial charge in [-0.1, -0.05) is 24.3 Å². The molecule has 2 heterocycles. The van der Waals surface area contributed by atoms with Crippen molar-refractivity contribution < 1.29 is 0 Å². The normalized spacial score (nSPS) is 18.3. The van der Waals surface area contributed by atoms with Crippen molar-refractivity contribution in [1.82, 2.24) is 19.9 Å². The van der Waals surface area contributed by atoms with Crippen molar-refractivity contribution in [3.63, 3.8) is 0 Å². The standard InChI is InChI=1S/C17H24N6/c1-12-6-4-5-7-14(12)13-8-9-23(10-13)11-15-19-16(18)21-17(20-15)22(2)3/h4-7,13H,8-11H2,1-3H3,(H2,18,19,20,21). The van der Waals surface area contributed by atoms with Crippen LogP contribution in [0.2, 0.25) is 0 Å². The number of hydrogen-bond acceptors (Lipinski definition) is 6.